The molecule has 0 bridgehead atoms. The molecule has 7 nitrogen and oxygen atoms in total. The van der Waals surface area contributed by atoms with Crippen LogP contribution in [0.25, 0.3) is 15.8 Å². The minimum Gasteiger partial charge on any atom is -0.494 e. The standard InChI is InChI=1S/C30H27N5O2S/c1-2-20-6-3-7-22(16-20)34-30-24-18-23(11-13-26(24)32-19-33-30)37-14-4-9-29(36)35-27-17-21(10-12-25(27)31)28-8-5-15-38-28/h1,3,6-8,10-13,16-19H,4-5,9,14-15,31H2,(H,35,36)(H,32,33,34). The van der Waals surface area contributed by atoms with Crippen LogP contribution < -0.4 is 21.1 Å². The summed E-state index contributed by atoms with van der Waals surface area (Å²) in [6, 6.07) is 19.0. The number of fused-ring (bicyclic) bond motifs is 1. The Morgan fingerprint density at radius 1 is 1.13 bits per heavy atom. The van der Waals surface area contributed by atoms with E-state index in [0.29, 0.717) is 42.4 Å². The summed E-state index contributed by atoms with van der Waals surface area (Å²) >= 11 is 1.82. The van der Waals surface area contributed by atoms with Crippen molar-refractivity contribution in [2.24, 2.45) is 0 Å². The number of hydrogen-bond donors (Lipinski definition) is 3. The zero-order valence-electron chi connectivity index (χ0n) is 20.7. The van der Waals surface area contributed by atoms with Gasteiger partial charge in [0.1, 0.15) is 17.9 Å². The molecular weight excluding hydrogens is 494 g/mol. The van der Waals surface area contributed by atoms with E-state index in [9.17, 15) is 4.79 Å². The number of terminal acetylenes is 1. The first-order valence-corrected chi connectivity index (χ1v) is 13.3. The molecule has 38 heavy (non-hydrogen) atoms. The molecule has 0 atom stereocenters. The fourth-order valence-electron chi connectivity index (χ4n) is 4.12. The number of anilines is 4. The molecule has 0 saturated carbocycles. The molecule has 1 aromatic heterocycles. The van der Waals surface area contributed by atoms with Gasteiger partial charge in [-0.2, -0.15) is 0 Å². The molecule has 3 aromatic carbocycles. The molecule has 0 saturated heterocycles. The highest BCUT2D eigenvalue weighted by Crippen LogP contribution is 2.36. The maximum atomic E-state index is 12.6. The first kappa shape index (κ1) is 25.2. The van der Waals surface area contributed by atoms with Crippen molar-refractivity contribution in [2.45, 2.75) is 19.3 Å². The molecule has 1 amide bonds. The van der Waals surface area contributed by atoms with Crippen molar-refractivity contribution in [1.29, 1.82) is 0 Å². The van der Waals surface area contributed by atoms with E-state index in [-0.39, 0.29) is 5.91 Å². The lowest BCUT2D eigenvalue weighted by Gasteiger charge is -2.12. The van der Waals surface area contributed by atoms with Gasteiger partial charge in [0.2, 0.25) is 5.91 Å². The number of thioether (sulfide) groups is 1. The van der Waals surface area contributed by atoms with E-state index in [1.807, 2.05) is 72.4 Å². The Morgan fingerprint density at radius 2 is 2.05 bits per heavy atom. The van der Waals surface area contributed by atoms with Crippen molar-refractivity contribution in [3.8, 4) is 18.1 Å². The third-order valence-corrected chi connectivity index (χ3v) is 7.19. The molecule has 4 aromatic rings. The number of hydrogen-bond acceptors (Lipinski definition) is 7. The van der Waals surface area contributed by atoms with Crippen LogP contribution in [0.5, 0.6) is 5.75 Å². The Hall–Kier alpha value is -4.48. The predicted octanol–water partition coefficient (Wildman–Crippen LogP) is 6.21. The number of nitrogens with two attached hydrogens (primary N) is 1. The Balaban J connectivity index is 1.18. The Labute approximate surface area is 225 Å². The highest BCUT2D eigenvalue weighted by Gasteiger charge is 2.12. The second-order valence-corrected chi connectivity index (χ2v) is 9.90. The number of nitrogen functional groups attached to an aromatic ring is 1. The summed E-state index contributed by atoms with van der Waals surface area (Å²) < 4.78 is 5.94. The molecule has 0 aliphatic carbocycles. The molecule has 0 radical (unpaired) electrons. The first-order valence-electron chi connectivity index (χ1n) is 12.3. The van der Waals surface area contributed by atoms with Gasteiger partial charge in [-0.3, -0.25) is 4.79 Å². The summed E-state index contributed by atoms with van der Waals surface area (Å²) in [5, 5.41) is 7.07. The minimum absolute atomic E-state index is 0.0990. The summed E-state index contributed by atoms with van der Waals surface area (Å²) in [6.45, 7) is 0.388. The fourth-order valence-corrected chi connectivity index (χ4v) is 5.11. The van der Waals surface area contributed by atoms with Gasteiger partial charge in [0, 0.05) is 33.7 Å². The van der Waals surface area contributed by atoms with Crippen LogP contribution in [0.15, 0.2) is 73.1 Å². The first-order chi connectivity index (χ1) is 18.6. The van der Waals surface area contributed by atoms with Crippen LogP contribution in [0.2, 0.25) is 0 Å². The van der Waals surface area contributed by atoms with Crippen LogP contribution in [0.3, 0.4) is 0 Å². The number of benzene rings is 3. The number of carbonyl (C=O) groups excluding carboxylic acids is 1. The molecule has 1 aliphatic rings. The number of amides is 1. The van der Waals surface area contributed by atoms with Crippen molar-refractivity contribution < 1.29 is 9.53 Å². The van der Waals surface area contributed by atoms with E-state index in [0.717, 1.165) is 39.9 Å². The SMILES string of the molecule is C#Cc1cccc(Nc2ncnc3ccc(OCCCC(=O)Nc4cc(C5=CCCS5)ccc4N)cc23)c1. The molecule has 0 fully saturated rings. The molecule has 0 unspecified atom stereocenters. The van der Waals surface area contributed by atoms with Gasteiger partial charge in [-0.25, -0.2) is 9.97 Å². The van der Waals surface area contributed by atoms with E-state index in [4.69, 9.17) is 16.9 Å². The maximum Gasteiger partial charge on any atom is 0.224 e. The fraction of sp³-hybridized carbons (Fsp3) is 0.167. The van der Waals surface area contributed by atoms with E-state index < -0.39 is 0 Å². The van der Waals surface area contributed by atoms with Crippen LogP contribution in [-0.4, -0.2) is 28.2 Å². The highest BCUT2D eigenvalue weighted by molar-refractivity contribution is 8.08. The smallest absolute Gasteiger partial charge is 0.224 e. The molecule has 4 N–H and O–H groups in total. The van der Waals surface area contributed by atoms with Gasteiger partial charge in [0.05, 0.1) is 23.5 Å². The van der Waals surface area contributed by atoms with Gasteiger partial charge in [-0.15, -0.1) is 18.2 Å². The van der Waals surface area contributed by atoms with E-state index in [1.54, 1.807) is 0 Å². The Morgan fingerprint density at radius 3 is 2.89 bits per heavy atom. The lowest BCUT2D eigenvalue weighted by molar-refractivity contribution is -0.116. The predicted molar refractivity (Wildman–Crippen MR) is 156 cm³/mol. The number of carbonyl (C=O) groups is 1. The quantitative estimate of drug-likeness (QED) is 0.137. The summed E-state index contributed by atoms with van der Waals surface area (Å²) in [4.78, 5) is 22.5. The molecular formula is C30H27N5O2S. The van der Waals surface area contributed by atoms with Gasteiger partial charge in [0.25, 0.3) is 0 Å². The number of allylic oxidation sites excluding steroid dienone is 1. The van der Waals surface area contributed by atoms with Crippen molar-refractivity contribution >= 4 is 56.4 Å². The highest BCUT2D eigenvalue weighted by atomic mass is 32.2. The molecule has 8 heteroatoms. The van der Waals surface area contributed by atoms with Crippen molar-refractivity contribution in [2.75, 3.05) is 28.7 Å². The number of aromatic nitrogens is 2. The second kappa shape index (κ2) is 11.7. The normalized spacial score (nSPS) is 12.6. The average Bonchev–Trinajstić information content (AvgIpc) is 3.48. The largest absolute Gasteiger partial charge is 0.494 e. The summed E-state index contributed by atoms with van der Waals surface area (Å²) in [6.07, 6.45) is 11.2. The van der Waals surface area contributed by atoms with Gasteiger partial charge in [-0.05, 0) is 66.9 Å². The van der Waals surface area contributed by atoms with Crippen LogP contribution in [0.4, 0.5) is 22.9 Å². The van der Waals surface area contributed by atoms with Gasteiger partial charge in [0.15, 0.2) is 0 Å². The number of ether oxygens (including phenoxy) is 1. The summed E-state index contributed by atoms with van der Waals surface area (Å²) in [5.41, 5.74) is 10.8. The third-order valence-electron chi connectivity index (χ3n) is 6.03. The third kappa shape index (κ3) is 6.07. The summed E-state index contributed by atoms with van der Waals surface area (Å²) in [7, 11) is 0. The number of nitrogens with one attached hydrogen (secondary N) is 2. The molecule has 0 spiro atoms. The topological polar surface area (TPSA) is 102 Å². The summed E-state index contributed by atoms with van der Waals surface area (Å²) in [5.74, 6) is 4.95. The lowest BCUT2D eigenvalue weighted by atomic mass is 10.1. The molecule has 1 aliphatic heterocycles. The van der Waals surface area contributed by atoms with Gasteiger partial charge >= 0.3 is 0 Å². The van der Waals surface area contributed by atoms with Crippen LogP contribution >= 0.6 is 11.8 Å². The van der Waals surface area contributed by atoms with Crippen molar-refractivity contribution in [1.82, 2.24) is 9.97 Å². The zero-order chi connectivity index (χ0) is 26.3. The average molecular weight is 522 g/mol. The van der Waals surface area contributed by atoms with E-state index in [1.165, 1.54) is 11.2 Å². The molecule has 2 heterocycles. The monoisotopic (exact) mass is 521 g/mol. The number of nitrogens with zero attached hydrogens (tertiary/aromatic N) is 2. The minimum atomic E-state index is -0.0990. The zero-order valence-corrected chi connectivity index (χ0v) is 21.6. The van der Waals surface area contributed by atoms with Gasteiger partial charge in [-0.1, -0.05) is 24.1 Å². The molecule has 190 valence electrons. The van der Waals surface area contributed by atoms with E-state index in [2.05, 4.69) is 32.6 Å². The maximum absolute atomic E-state index is 12.6. The van der Waals surface area contributed by atoms with Crippen LogP contribution in [0.1, 0.15) is 30.4 Å². The Kier molecular flexibility index (Phi) is 7.76. The lowest BCUT2D eigenvalue weighted by Crippen LogP contribution is -2.14. The van der Waals surface area contributed by atoms with Gasteiger partial charge < -0.3 is 21.1 Å². The van der Waals surface area contributed by atoms with Crippen LogP contribution in [0, 0.1) is 12.3 Å². The van der Waals surface area contributed by atoms with Crippen molar-refractivity contribution in [3.63, 3.8) is 0 Å². The Bertz CT molecular complexity index is 1560. The van der Waals surface area contributed by atoms with E-state index >= 15 is 0 Å². The van der Waals surface area contributed by atoms with Crippen LogP contribution in [-0.2, 0) is 4.79 Å². The molecule has 5 rings (SSSR count). The second-order valence-electron chi connectivity index (χ2n) is 8.76. The van der Waals surface area contributed by atoms with Crippen molar-refractivity contribution in [3.05, 3.63) is 84.2 Å². The number of rotatable bonds is 9.